The molecule has 1 aromatic carbocycles. The molecule has 1 aliphatic heterocycles. The predicted octanol–water partition coefficient (Wildman–Crippen LogP) is 1.86. The number of nitrogens with one attached hydrogen (secondary N) is 3. The third-order valence-electron chi connectivity index (χ3n) is 4.65. The number of alkyl carbamates (subject to hydrolysis) is 1. The summed E-state index contributed by atoms with van der Waals surface area (Å²) in [5.41, 5.74) is 2.22. The van der Waals surface area contributed by atoms with E-state index in [1.54, 1.807) is 20.8 Å². The second-order valence-electron chi connectivity index (χ2n) is 8.59. The van der Waals surface area contributed by atoms with Gasteiger partial charge < -0.3 is 20.1 Å². The van der Waals surface area contributed by atoms with Crippen molar-refractivity contribution < 1.29 is 23.9 Å². The molecule has 32 heavy (non-hydrogen) atoms. The lowest BCUT2D eigenvalue weighted by Crippen LogP contribution is -2.56. The van der Waals surface area contributed by atoms with Crippen LogP contribution < -0.4 is 21.9 Å². The van der Waals surface area contributed by atoms with Crippen molar-refractivity contribution in [2.24, 2.45) is 5.84 Å². The molecule has 9 nitrogen and oxygen atoms in total. The first-order valence-corrected chi connectivity index (χ1v) is 11.8. The van der Waals surface area contributed by atoms with Crippen LogP contribution in [0.2, 0.25) is 0 Å². The van der Waals surface area contributed by atoms with Gasteiger partial charge in [0.1, 0.15) is 23.1 Å². The smallest absolute Gasteiger partial charge is 0.408 e. The van der Waals surface area contributed by atoms with Crippen LogP contribution in [-0.4, -0.2) is 53.4 Å². The minimum Gasteiger partial charge on any atom is -0.444 e. The van der Waals surface area contributed by atoms with E-state index in [-0.39, 0.29) is 11.9 Å². The molecular formula is C22H34N4O5S. The summed E-state index contributed by atoms with van der Waals surface area (Å²) < 4.78 is 11.0. The van der Waals surface area contributed by atoms with Crippen LogP contribution in [0, 0.1) is 0 Å². The number of carbonyl (C=O) groups is 3. The second-order valence-corrected chi connectivity index (χ2v) is 9.78. The van der Waals surface area contributed by atoms with E-state index in [2.05, 4.69) is 16.1 Å². The molecule has 1 aromatic rings. The number of thioether (sulfide) groups is 1. The number of nitrogens with two attached hydrogens (primary N) is 1. The number of ether oxygens (including phenoxy) is 2. The third kappa shape index (κ3) is 9.46. The number of hydrogen-bond acceptors (Lipinski definition) is 7. The third-order valence-corrected chi connectivity index (χ3v) is 5.92. The van der Waals surface area contributed by atoms with Gasteiger partial charge in [-0.25, -0.2) is 10.6 Å². The quantitative estimate of drug-likeness (QED) is 0.248. The highest BCUT2D eigenvalue weighted by molar-refractivity contribution is 7.99. The summed E-state index contributed by atoms with van der Waals surface area (Å²) >= 11 is 1.46. The maximum atomic E-state index is 13.1. The van der Waals surface area contributed by atoms with Crippen LogP contribution >= 0.6 is 11.8 Å². The van der Waals surface area contributed by atoms with E-state index in [4.69, 9.17) is 15.3 Å². The summed E-state index contributed by atoms with van der Waals surface area (Å²) in [6.07, 6.45) is 2.52. The highest BCUT2D eigenvalue weighted by Crippen LogP contribution is 2.24. The van der Waals surface area contributed by atoms with Gasteiger partial charge in [0.05, 0.1) is 0 Å². The van der Waals surface area contributed by atoms with Crippen molar-refractivity contribution in [2.45, 2.75) is 69.6 Å². The van der Waals surface area contributed by atoms with E-state index >= 15 is 0 Å². The Bertz CT molecular complexity index is 750. The lowest BCUT2D eigenvalue weighted by atomic mass is 10.0. The molecule has 0 aromatic heterocycles. The Labute approximate surface area is 193 Å². The van der Waals surface area contributed by atoms with Crippen LogP contribution in [0.4, 0.5) is 4.79 Å². The number of carbonyl (C=O) groups excluding carboxylic acids is 3. The molecule has 1 saturated heterocycles. The lowest BCUT2D eigenvalue weighted by Gasteiger charge is -2.26. The average molecular weight is 467 g/mol. The van der Waals surface area contributed by atoms with Crippen molar-refractivity contribution in [1.82, 2.24) is 16.1 Å². The van der Waals surface area contributed by atoms with Gasteiger partial charge in [-0.2, -0.15) is 0 Å². The molecule has 0 saturated carbocycles. The molecule has 178 valence electrons. The number of hydrazine groups is 1. The van der Waals surface area contributed by atoms with E-state index in [0.717, 1.165) is 24.8 Å². The molecule has 0 aliphatic carbocycles. The average Bonchev–Trinajstić information content (AvgIpc) is 2.75. The SMILES string of the molecule is CC(C)(C)OC(=O)N[C@H](Cc1ccccc1)C(=O)N[C@@H](CS[C@@H]1CCCCO1)C(=O)NN. The summed E-state index contributed by atoms with van der Waals surface area (Å²) in [5, 5.41) is 5.34. The van der Waals surface area contributed by atoms with Crippen LogP contribution in [-0.2, 0) is 25.5 Å². The maximum absolute atomic E-state index is 13.1. The van der Waals surface area contributed by atoms with Crippen molar-refractivity contribution in [3.63, 3.8) is 0 Å². The molecule has 1 aliphatic rings. The van der Waals surface area contributed by atoms with Gasteiger partial charge in [0, 0.05) is 18.8 Å². The fourth-order valence-corrected chi connectivity index (χ4v) is 4.28. The van der Waals surface area contributed by atoms with Crippen molar-refractivity contribution in [2.75, 3.05) is 12.4 Å². The van der Waals surface area contributed by atoms with Crippen LogP contribution in [0.25, 0.3) is 0 Å². The van der Waals surface area contributed by atoms with Gasteiger partial charge in [0.15, 0.2) is 0 Å². The fraction of sp³-hybridized carbons (Fsp3) is 0.591. The maximum Gasteiger partial charge on any atom is 0.408 e. The van der Waals surface area contributed by atoms with Crippen molar-refractivity contribution >= 4 is 29.7 Å². The summed E-state index contributed by atoms with van der Waals surface area (Å²) in [7, 11) is 0. The van der Waals surface area contributed by atoms with E-state index in [1.165, 1.54) is 11.8 Å². The van der Waals surface area contributed by atoms with E-state index in [9.17, 15) is 14.4 Å². The Morgan fingerprint density at radius 3 is 2.44 bits per heavy atom. The Balaban J connectivity index is 2.07. The van der Waals surface area contributed by atoms with Crippen molar-refractivity contribution in [1.29, 1.82) is 0 Å². The minimum atomic E-state index is -0.934. The number of hydrogen-bond donors (Lipinski definition) is 4. The second kappa shape index (κ2) is 12.7. The summed E-state index contributed by atoms with van der Waals surface area (Å²) in [6, 6.07) is 7.48. The van der Waals surface area contributed by atoms with Crippen LogP contribution in [0.15, 0.2) is 30.3 Å². The standard InChI is InChI=1S/C22H34N4O5S/c1-22(2,3)31-21(29)25-16(13-15-9-5-4-6-10-15)19(27)24-17(20(28)26-23)14-32-18-11-7-8-12-30-18/h4-6,9-10,16-18H,7-8,11-14,23H2,1-3H3,(H,24,27)(H,25,29)(H,26,28)/t16-,17+,18-/m1/s1. The van der Waals surface area contributed by atoms with E-state index in [0.29, 0.717) is 12.4 Å². The zero-order valence-electron chi connectivity index (χ0n) is 18.9. The van der Waals surface area contributed by atoms with Crippen molar-refractivity contribution in [3.8, 4) is 0 Å². The number of benzene rings is 1. The van der Waals surface area contributed by atoms with E-state index in [1.807, 2.05) is 30.3 Å². The highest BCUT2D eigenvalue weighted by atomic mass is 32.2. The molecule has 1 heterocycles. The first-order valence-electron chi connectivity index (χ1n) is 10.8. The number of amides is 3. The minimum absolute atomic E-state index is 0.0197. The first-order chi connectivity index (χ1) is 15.2. The molecule has 0 spiro atoms. The topological polar surface area (TPSA) is 132 Å². The first kappa shape index (κ1) is 26.0. The molecule has 5 N–H and O–H groups in total. The molecule has 3 atom stereocenters. The van der Waals surface area contributed by atoms with Gasteiger partial charge in [-0.3, -0.25) is 15.0 Å². The van der Waals surface area contributed by atoms with Gasteiger partial charge in [-0.05, 0) is 45.6 Å². The Morgan fingerprint density at radius 1 is 1.12 bits per heavy atom. The Kier molecular flexibility index (Phi) is 10.3. The number of rotatable bonds is 9. The monoisotopic (exact) mass is 466 g/mol. The van der Waals surface area contributed by atoms with Gasteiger partial charge >= 0.3 is 6.09 Å². The van der Waals surface area contributed by atoms with Crippen molar-refractivity contribution in [3.05, 3.63) is 35.9 Å². The molecule has 3 amide bonds. The highest BCUT2D eigenvalue weighted by Gasteiger charge is 2.29. The summed E-state index contributed by atoms with van der Waals surface area (Å²) in [5.74, 6) is 4.60. The molecule has 2 rings (SSSR count). The Hall–Kier alpha value is -2.30. The van der Waals surface area contributed by atoms with Crippen LogP contribution in [0.1, 0.15) is 45.6 Å². The normalized spacial score (nSPS) is 18.2. The van der Waals surface area contributed by atoms with Crippen LogP contribution in [0.5, 0.6) is 0 Å². The predicted molar refractivity (Wildman–Crippen MR) is 124 cm³/mol. The molecular weight excluding hydrogens is 432 g/mol. The molecule has 1 fully saturated rings. The molecule has 10 heteroatoms. The van der Waals surface area contributed by atoms with Gasteiger partial charge in [-0.15, -0.1) is 11.8 Å². The fourth-order valence-electron chi connectivity index (χ4n) is 3.11. The molecule has 0 radical (unpaired) electrons. The van der Waals surface area contributed by atoms with Gasteiger partial charge in [0.2, 0.25) is 5.91 Å². The molecule has 0 bridgehead atoms. The lowest BCUT2D eigenvalue weighted by molar-refractivity contribution is -0.129. The summed E-state index contributed by atoms with van der Waals surface area (Å²) in [6.45, 7) is 5.91. The zero-order chi connectivity index (χ0) is 23.6. The van der Waals surface area contributed by atoms with Gasteiger partial charge in [-0.1, -0.05) is 30.3 Å². The van der Waals surface area contributed by atoms with Crippen LogP contribution in [0.3, 0.4) is 0 Å². The largest absolute Gasteiger partial charge is 0.444 e. The summed E-state index contributed by atoms with van der Waals surface area (Å²) in [4.78, 5) is 37.7. The Morgan fingerprint density at radius 2 is 1.84 bits per heavy atom. The molecule has 0 unspecified atom stereocenters. The van der Waals surface area contributed by atoms with Gasteiger partial charge in [0.25, 0.3) is 5.91 Å². The van der Waals surface area contributed by atoms with E-state index < -0.39 is 35.6 Å². The zero-order valence-corrected chi connectivity index (χ0v) is 19.7.